The van der Waals surface area contributed by atoms with Gasteiger partial charge in [0.1, 0.15) is 6.04 Å². The Morgan fingerprint density at radius 2 is 1.92 bits per heavy atom. The van der Waals surface area contributed by atoms with E-state index < -0.39 is 42.0 Å². The summed E-state index contributed by atoms with van der Waals surface area (Å²) >= 11 is 0. The van der Waals surface area contributed by atoms with Crippen LogP contribution in [0.15, 0.2) is 24.3 Å². The van der Waals surface area contributed by atoms with Crippen molar-refractivity contribution >= 4 is 17.8 Å². The Balaban J connectivity index is 2.39. The molecule has 0 aliphatic carbocycles. The zero-order valence-electron chi connectivity index (χ0n) is 12.5. The number of benzene rings is 1. The Morgan fingerprint density at radius 1 is 1.25 bits per heavy atom. The Hall–Kier alpha value is -2.58. The maximum Gasteiger partial charge on any atom is 0.416 e. The van der Waals surface area contributed by atoms with Gasteiger partial charge in [0.05, 0.1) is 12.0 Å². The molecule has 6 nitrogen and oxygen atoms in total. The predicted octanol–water partition coefficient (Wildman–Crippen LogP) is 1.57. The quantitative estimate of drug-likeness (QED) is 0.868. The summed E-state index contributed by atoms with van der Waals surface area (Å²) in [5.74, 6) is -2.59. The van der Waals surface area contributed by atoms with E-state index in [4.69, 9.17) is 5.11 Å². The molecule has 2 rings (SSSR count). The van der Waals surface area contributed by atoms with Crippen molar-refractivity contribution in [1.29, 1.82) is 0 Å². The summed E-state index contributed by atoms with van der Waals surface area (Å²) in [7, 11) is 0. The molecule has 0 aromatic heterocycles. The molecule has 9 heteroatoms. The second kappa shape index (κ2) is 6.90. The number of alkyl halides is 3. The maximum atomic E-state index is 13.2. The van der Waals surface area contributed by atoms with Gasteiger partial charge in [0.25, 0.3) is 0 Å². The molecule has 1 aromatic rings. The molecule has 1 fully saturated rings. The number of rotatable bonds is 4. The summed E-state index contributed by atoms with van der Waals surface area (Å²) in [5, 5.41) is 11.1. The Kier molecular flexibility index (Phi) is 5.10. The fourth-order valence-electron chi connectivity index (χ4n) is 2.60. The summed E-state index contributed by atoms with van der Waals surface area (Å²) < 4.78 is 39.6. The van der Waals surface area contributed by atoms with E-state index in [1.54, 1.807) is 0 Å². The van der Waals surface area contributed by atoms with Crippen molar-refractivity contribution < 1.29 is 32.7 Å². The number of nitrogens with zero attached hydrogens (tertiary/aromatic N) is 1. The molecule has 0 radical (unpaired) electrons. The topological polar surface area (TPSA) is 86.7 Å². The van der Waals surface area contributed by atoms with E-state index in [0.717, 1.165) is 17.0 Å². The van der Waals surface area contributed by atoms with Gasteiger partial charge in [-0.15, -0.1) is 0 Å². The molecule has 1 unspecified atom stereocenters. The van der Waals surface area contributed by atoms with Crippen LogP contribution >= 0.6 is 0 Å². The van der Waals surface area contributed by atoms with Crippen molar-refractivity contribution in [2.24, 2.45) is 0 Å². The van der Waals surface area contributed by atoms with E-state index in [0.29, 0.717) is 0 Å². The van der Waals surface area contributed by atoms with Crippen LogP contribution in [0, 0.1) is 0 Å². The molecular formula is C15H15F3N2O4. The van der Waals surface area contributed by atoms with E-state index in [1.165, 1.54) is 12.1 Å². The van der Waals surface area contributed by atoms with E-state index in [-0.39, 0.29) is 25.1 Å². The summed E-state index contributed by atoms with van der Waals surface area (Å²) in [6.07, 6.45) is -5.51. The standard InChI is InChI=1S/C15H15F3N2O4/c16-15(17,18)10-4-2-1-3-9(10)13-14(24)19-7-8-20(13)11(21)5-6-12(22)23/h1-4,13H,5-8H2,(H,19,24)(H,22,23). The molecule has 2 N–H and O–H groups in total. The van der Waals surface area contributed by atoms with Crippen LogP contribution in [0.1, 0.15) is 30.0 Å². The minimum absolute atomic E-state index is 0.0149. The fourth-order valence-corrected chi connectivity index (χ4v) is 2.60. The second-order valence-electron chi connectivity index (χ2n) is 5.26. The Labute approximate surface area is 135 Å². The lowest BCUT2D eigenvalue weighted by molar-refractivity contribution is -0.147. The monoisotopic (exact) mass is 344 g/mol. The number of amides is 2. The van der Waals surface area contributed by atoms with Gasteiger partial charge in [0.2, 0.25) is 11.8 Å². The first-order chi connectivity index (χ1) is 11.2. The third-order valence-electron chi connectivity index (χ3n) is 3.65. The summed E-state index contributed by atoms with van der Waals surface area (Å²) in [5.41, 5.74) is -1.33. The molecule has 1 saturated heterocycles. The van der Waals surface area contributed by atoms with Gasteiger partial charge in [-0.3, -0.25) is 14.4 Å². The van der Waals surface area contributed by atoms with Gasteiger partial charge in [0.15, 0.2) is 0 Å². The third kappa shape index (κ3) is 3.84. The highest BCUT2D eigenvalue weighted by Crippen LogP contribution is 2.37. The fraction of sp³-hybridized carbons (Fsp3) is 0.400. The highest BCUT2D eigenvalue weighted by atomic mass is 19.4. The molecule has 1 aliphatic rings. The zero-order chi connectivity index (χ0) is 17.9. The van der Waals surface area contributed by atoms with E-state index in [9.17, 15) is 27.6 Å². The van der Waals surface area contributed by atoms with Gasteiger partial charge in [-0.2, -0.15) is 13.2 Å². The van der Waals surface area contributed by atoms with Crippen LogP contribution in [0.3, 0.4) is 0 Å². The van der Waals surface area contributed by atoms with Gasteiger partial charge in [-0.1, -0.05) is 18.2 Å². The smallest absolute Gasteiger partial charge is 0.416 e. The highest BCUT2D eigenvalue weighted by molar-refractivity contribution is 5.91. The van der Waals surface area contributed by atoms with Crippen LogP contribution in [0.2, 0.25) is 0 Å². The highest BCUT2D eigenvalue weighted by Gasteiger charge is 2.41. The molecule has 1 atom stereocenters. The lowest BCUT2D eigenvalue weighted by Crippen LogP contribution is -2.52. The second-order valence-corrected chi connectivity index (χ2v) is 5.26. The van der Waals surface area contributed by atoms with Crippen molar-refractivity contribution in [3.8, 4) is 0 Å². The minimum Gasteiger partial charge on any atom is -0.481 e. The molecule has 24 heavy (non-hydrogen) atoms. The molecule has 0 saturated carbocycles. The van der Waals surface area contributed by atoms with Crippen LogP contribution in [0.5, 0.6) is 0 Å². The molecule has 2 amide bonds. The van der Waals surface area contributed by atoms with Crippen LogP contribution in [-0.2, 0) is 20.6 Å². The largest absolute Gasteiger partial charge is 0.481 e. The van der Waals surface area contributed by atoms with Crippen LogP contribution < -0.4 is 5.32 Å². The van der Waals surface area contributed by atoms with E-state index in [2.05, 4.69) is 5.32 Å². The maximum absolute atomic E-state index is 13.2. The molecule has 0 bridgehead atoms. The Morgan fingerprint density at radius 3 is 2.54 bits per heavy atom. The molecule has 130 valence electrons. The normalized spacial score (nSPS) is 18.2. The number of piperazine rings is 1. The number of carboxylic acids is 1. The third-order valence-corrected chi connectivity index (χ3v) is 3.65. The first-order valence-electron chi connectivity index (χ1n) is 7.17. The van der Waals surface area contributed by atoms with Gasteiger partial charge in [-0.05, 0) is 11.6 Å². The van der Waals surface area contributed by atoms with Crippen molar-refractivity contribution in [3.05, 3.63) is 35.4 Å². The number of hydrogen-bond donors (Lipinski definition) is 2. The summed E-state index contributed by atoms with van der Waals surface area (Å²) in [4.78, 5) is 35.9. The van der Waals surface area contributed by atoms with Crippen LogP contribution in [0.25, 0.3) is 0 Å². The number of carbonyl (C=O) groups excluding carboxylic acids is 2. The van der Waals surface area contributed by atoms with Crippen molar-refractivity contribution in [3.63, 3.8) is 0 Å². The number of hydrogen-bond acceptors (Lipinski definition) is 3. The lowest BCUT2D eigenvalue weighted by Gasteiger charge is -2.36. The first kappa shape index (κ1) is 17.8. The van der Waals surface area contributed by atoms with E-state index in [1.807, 2.05) is 0 Å². The number of aliphatic carboxylic acids is 1. The molecular weight excluding hydrogens is 329 g/mol. The first-order valence-corrected chi connectivity index (χ1v) is 7.17. The van der Waals surface area contributed by atoms with Gasteiger partial charge in [0, 0.05) is 19.5 Å². The molecule has 1 aliphatic heterocycles. The van der Waals surface area contributed by atoms with Crippen molar-refractivity contribution in [2.45, 2.75) is 25.1 Å². The predicted molar refractivity (Wildman–Crippen MR) is 75.8 cm³/mol. The number of halogens is 3. The molecule has 0 spiro atoms. The van der Waals surface area contributed by atoms with Crippen LogP contribution in [-0.4, -0.2) is 40.9 Å². The minimum atomic E-state index is -4.68. The molecule has 1 aromatic carbocycles. The molecule has 1 heterocycles. The Bertz CT molecular complexity index is 660. The number of nitrogens with one attached hydrogen (secondary N) is 1. The number of carbonyl (C=O) groups is 3. The SMILES string of the molecule is O=C(O)CCC(=O)N1CCNC(=O)C1c1ccccc1C(F)(F)F. The average molecular weight is 344 g/mol. The van der Waals surface area contributed by atoms with E-state index >= 15 is 0 Å². The zero-order valence-corrected chi connectivity index (χ0v) is 12.5. The average Bonchev–Trinajstić information content (AvgIpc) is 2.51. The number of carboxylic acid groups (broad SMARTS) is 1. The summed E-state index contributed by atoms with van der Waals surface area (Å²) in [6.45, 7) is 0.114. The lowest BCUT2D eigenvalue weighted by atomic mass is 9.96. The van der Waals surface area contributed by atoms with Crippen LogP contribution in [0.4, 0.5) is 13.2 Å². The van der Waals surface area contributed by atoms with Crippen molar-refractivity contribution in [1.82, 2.24) is 10.2 Å². The van der Waals surface area contributed by atoms with Crippen molar-refractivity contribution in [2.75, 3.05) is 13.1 Å². The summed E-state index contributed by atoms with van der Waals surface area (Å²) in [6, 6.07) is 3.11. The van der Waals surface area contributed by atoms with Gasteiger partial charge < -0.3 is 15.3 Å². The van der Waals surface area contributed by atoms with Gasteiger partial charge in [-0.25, -0.2) is 0 Å². The van der Waals surface area contributed by atoms with Gasteiger partial charge >= 0.3 is 12.1 Å².